The first-order chi connectivity index (χ1) is 12.9. The van der Waals surface area contributed by atoms with Gasteiger partial charge in [0.1, 0.15) is 5.75 Å². The van der Waals surface area contributed by atoms with E-state index in [0.717, 1.165) is 17.5 Å². The number of amides is 1. The summed E-state index contributed by atoms with van der Waals surface area (Å²) in [5.74, 6) is 0.743. The summed E-state index contributed by atoms with van der Waals surface area (Å²) in [7, 11) is -3.69. The molecule has 0 spiro atoms. The van der Waals surface area contributed by atoms with Gasteiger partial charge < -0.3 is 9.64 Å². The molecule has 6 nitrogen and oxygen atoms in total. The van der Waals surface area contributed by atoms with Crippen LogP contribution in [0.3, 0.4) is 0 Å². The lowest BCUT2D eigenvalue weighted by molar-refractivity contribution is -0.131. The maximum atomic E-state index is 12.6. The van der Waals surface area contributed by atoms with Gasteiger partial charge in [-0.2, -0.15) is 0 Å². The molecule has 0 aliphatic carbocycles. The number of benzene rings is 2. The molecular weight excluding hydrogens is 364 g/mol. The lowest BCUT2D eigenvalue weighted by atomic mass is 9.99. The number of fused-ring (bicyclic) bond motifs is 1. The van der Waals surface area contributed by atoms with Crippen LogP contribution in [0.25, 0.3) is 0 Å². The molecular formula is C20H24N2O4S. The van der Waals surface area contributed by atoms with E-state index in [4.69, 9.17) is 4.74 Å². The van der Waals surface area contributed by atoms with Crippen LogP contribution in [0.4, 0.5) is 5.69 Å². The van der Waals surface area contributed by atoms with Gasteiger partial charge in [0.15, 0.2) is 0 Å². The van der Waals surface area contributed by atoms with Gasteiger partial charge in [-0.05, 0) is 60.9 Å². The zero-order valence-electron chi connectivity index (χ0n) is 15.6. The molecule has 0 bridgehead atoms. The van der Waals surface area contributed by atoms with Crippen LogP contribution < -0.4 is 9.46 Å². The van der Waals surface area contributed by atoms with Gasteiger partial charge in [0.2, 0.25) is 5.91 Å². The van der Waals surface area contributed by atoms with E-state index >= 15 is 0 Å². The first-order valence-corrected chi connectivity index (χ1v) is 10.6. The van der Waals surface area contributed by atoms with E-state index < -0.39 is 10.0 Å². The van der Waals surface area contributed by atoms with Crippen molar-refractivity contribution in [3.05, 3.63) is 53.6 Å². The molecule has 2 aromatic rings. The summed E-state index contributed by atoms with van der Waals surface area (Å²) in [6.07, 6.45) is 1.26. The number of nitrogens with zero attached hydrogens (tertiary/aromatic N) is 1. The van der Waals surface area contributed by atoms with Gasteiger partial charge in [-0.25, -0.2) is 8.42 Å². The third-order valence-electron chi connectivity index (χ3n) is 4.57. The monoisotopic (exact) mass is 388 g/mol. The van der Waals surface area contributed by atoms with E-state index in [0.29, 0.717) is 37.6 Å². The minimum atomic E-state index is -3.69. The molecule has 3 rings (SSSR count). The van der Waals surface area contributed by atoms with Crippen molar-refractivity contribution in [1.29, 1.82) is 0 Å². The largest absolute Gasteiger partial charge is 0.494 e. The Morgan fingerprint density at radius 3 is 2.52 bits per heavy atom. The van der Waals surface area contributed by atoms with Gasteiger partial charge in [-0.1, -0.05) is 13.0 Å². The molecule has 2 aromatic carbocycles. The van der Waals surface area contributed by atoms with Gasteiger partial charge >= 0.3 is 0 Å². The predicted molar refractivity (Wildman–Crippen MR) is 104 cm³/mol. The van der Waals surface area contributed by atoms with Gasteiger partial charge in [-0.3, -0.25) is 9.52 Å². The minimum Gasteiger partial charge on any atom is -0.494 e. The normalized spacial score (nSPS) is 13.8. The molecule has 1 N–H and O–H groups in total. The Hall–Kier alpha value is -2.54. The Bertz CT molecular complexity index is 923. The van der Waals surface area contributed by atoms with E-state index in [-0.39, 0.29) is 10.8 Å². The summed E-state index contributed by atoms with van der Waals surface area (Å²) in [6, 6.07) is 11.8. The fourth-order valence-electron chi connectivity index (χ4n) is 3.15. The van der Waals surface area contributed by atoms with Crippen LogP contribution in [-0.4, -0.2) is 32.4 Å². The first-order valence-electron chi connectivity index (χ1n) is 9.08. The van der Waals surface area contributed by atoms with E-state index in [1.54, 1.807) is 18.2 Å². The molecule has 144 valence electrons. The number of sulfonamides is 1. The lowest BCUT2D eigenvalue weighted by Gasteiger charge is -2.29. The minimum absolute atomic E-state index is 0.112. The SMILES string of the molecule is CCOc1ccc(S(=O)(=O)Nc2ccc3c(c2)CN(C(=O)CC)CC3)cc1. The average Bonchev–Trinajstić information content (AvgIpc) is 2.67. The van der Waals surface area contributed by atoms with Crippen LogP contribution in [0.15, 0.2) is 47.4 Å². The summed E-state index contributed by atoms with van der Waals surface area (Å²) in [6.45, 7) is 5.46. The lowest BCUT2D eigenvalue weighted by Crippen LogP contribution is -2.35. The van der Waals surface area contributed by atoms with Gasteiger partial charge in [-0.15, -0.1) is 0 Å². The summed E-state index contributed by atoms with van der Waals surface area (Å²) in [5, 5.41) is 0. The van der Waals surface area contributed by atoms with Crippen LogP contribution in [-0.2, 0) is 27.8 Å². The Morgan fingerprint density at radius 2 is 1.85 bits per heavy atom. The highest BCUT2D eigenvalue weighted by atomic mass is 32.2. The third kappa shape index (κ3) is 4.42. The molecule has 1 heterocycles. The summed E-state index contributed by atoms with van der Waals surface area (Å²) < 4.78 is 33.2. The summed E-state index contributed by atoms with van der Waals surface area (Å²) in [4.78, 5) is 13.9. The molecule has 0 fully saturated rings. The smallest absolute Gasteiger partial charge is 0.261 e. The molecule has 0 aromatic heterocycles. The second-order valence-electron chi connectivity index (χ2n) is 6.41. The van der Waals surface area contributed by atoms with Crippen molar-refractivity contribution in [2.45, 2.75) is 38.1 Å². The number of anilines is 1. The maximum absolute atomic E-state index is 12.6. The van der Waals surface area contributed by atoms with Crippen molar-refractivity contribution in [1.82, 2.24) is 4.90 Å². The predicted octanol–water partition coefficient (Wildman–Crippen LogP) is 3.18. The van der Waals surface area contributed by atoms with Crippen LogP contribution in [0.1, 0.15) is 31.4 Å². The van der Waals surface area contributed by atoms with Crippen LogP contribution in [0.5, 0.6) is 5.75 Å². The molecule has 0 atom stereocenters. The van der Waals surface area contributed by atoms with Crippen molar-refractivity contribution in [2.75, 3.05) is 17.9 Å². The number of carbonyl (C=O) groups is 1. The van der Waals surface area contributed by atoms with Gasteiger partial charge in [0.05, 0.1) is 11.5 Å². The molecule has 1 aliphatic rings. The number of hydrogen-bond donors (Lipinski definition) is 1. The molecule has 0 radical (unpaired) electrons. The van der Waals surface area contributed by atoms with Crippen molar-refractivity contribution < 1.29 is 17.9 Å². The molecule has 1 amide bonds. The third-order valence-corrected chi connectivity index (χ3v) is 5.97. The molecule has 0 saturated heterocycles. The maximum Gasteiger partial charge on any atom is 0.261 e. The summed E-state index contributed by atoms with van der Waals surface area (Å²) in [5.41, 5.74) is 2.63. The molecule has 0 saturated carbocycles. The van der Waals surface area contributed by atoms with Crippen LogP contribution in [0, 0.1) is 0 Å². The zero-order chi connectivity index (χ0) is 19.4. The second kappa shape index (κ2) is 8.00. The Labute approximate surface area is 160 Å². The Balaban J connectivity index is 1.78. The summed E-state index contributed by atoms with van der Waals surface area (Å²) >= 11 is 0. The zero-order valence-corrected chi connectivity index (χ0v) is 16.4. The van der Waals surface area contributed by atoms with E-state index in [1.807, 2.05) is 30.9 Å². The molecule has 0 unspecified atom stereocenters. The van der Waals surface area contributed by atoms with Gasteiger partial charge in [0.25, 0.3) is 10.0 Å². The molecule has 1 aliphatic heterocycles. The van der Waals surface area contributed by atoms with Crippen molar-refractivity contribution >= 4 is 21.6 Å². The highest BCUT2D eigenvalue weighted by molar-refractivity contribution is 7.92. The highest BCUT2D eigenvalue weighted by Gasteiger charge is 2.21. The van der Waals surface area contributed by atoms with Crippen molar-refractivity contribution in [3.8, 4) is 5.75 Å². The fourth-order valence-corrected chi connectivity index (χ4v) is 4.20. The number of hydrogen-bond acceptors (Lipinski definition) is 4. The van der Waals surface area contributed by atoms with Crippen LogP contribution >= 0.6 is 0 Å². The molecule has 27 heavy (non-hydrogen) atoms. The Morgan fingerprint density at radius 1 is 1.11 bits per heavy atom. The fraction of sp³-hybridized carbons (Fsp3) is 0.350. The van der Waals surface area contributed by atoms with Crippen molar-refractivity contribution in [2.24, 2.45) is 0 Å². The highest BCUT2D eigenvalue weighted by Crippen LogP contribution is 2.25. The second-order valence-corrected chi connectivity index (χ2v) is 8.09. The van der Waals surface area contributed by atoms with Gasteiger partial charge in [0, 0.05) is 25.2 Å². The average molecular weight is 388 g/mol. The van der Waals surface area contributed by atoms with Crippen molar-refractivity contribution in [3.63, 3.8) is 0 Å². The first kappa shape index (κ1) is 19.2. The topological polar surface area (TPSA) is 75.7 Å². The number of carbonyl (C=O) groups excluding carboxylic acids is 1. The molecule has 7 heteroatoms. The van der Waals surface area contributed by atoms with Crippen LogP contribution in [0.2, 0.25) is 0 Å². The van der Waals surface area contributed by atoms with E-state index in [1.165, 1.54) is 12.1 Å². The number of rotatable bonds is 6. The van der Waals surface area contributed by atoms with E-state index in [2.05, 4.69) is 4.72 Å². The standard InChI is InChI=1S/C20H24N2O4S/c1-3-20(23)22-12-11-15-5-6-17(13-16(15)14-22)21-27(24,25)19-9-7-18(8-10-19)26-4-2/h5-10,13,21H,3-4,11-12,14H2,1-2H3. The number of nitrogens with one attached hydrogen (secondary N) is 1. The van der Waals surface area contributed by atoms with E-state index in [9.17, 15) is 13.2 Å². The quantitative estimate of drug-likeness (QED) is 0.825. The number of ether oxygens (including phenoxy) is 1. The Kier molecular flexibility index (Phi) is 5.70.